The van der Waals surface area contributed by atoms with Crippen molar-refractivity contribution in [3.8, 4) is 0 Å². The van der Waals surface area contributed by atoms with Crippen LogP contribution in [0.15, 0.2) is 36.4 Å². The Morgan fingerprint density at radius 1 is 1.07 bits per heavy atom. The molecule has 7 heteroatoms. The average molecular weight is 402 g/mol. The first-order valence-electron chi connectivity index (χ1n) is 9.60. The summed E-state index contributed by atoms with van der Waals surface area (Å²) < 4.78 is 13.3. The molecule has 0 fully saturated rings. The molecule has 0 aromatic heterocycles. The number of carboxylic acid groups (broad SMARTS) is 2. The molecule has 0 radical (unpaired) electrons. The van der Waals surface area contributed by atoms with E-state index in [0.717, 1.165) is 31.5 Å². The Morgan fingerprint density at radius 2 is 1.76 bits per heavy atom. The van der Waals surface area contributed by atoms with E-state index in [2.05, 4.69) is 29.7 Å². The molecular formula is C22H27FN2O4. The predicted octanol–water partition coefficient (Wildman–Crippen LogP) is 3.37. The Morgan fingerprint density at radius 3 is 2.41 bits per heavy atom. The van der Waals surface area contributed by atoms with E-state index >= 15 is 0 Å². The molecule has 0 atom stereocenters. The van der Waals surface area contributed by atoms with Crippen LogP contribution in [0, 0.1) is 12.7 Å². The van der Waals surface area contributed by atoms with Crippen LogP contribution in [-0.4, -0.2) is 35.2 Å². The summed E-state index contributed by atoms with van der Waals surface area (Å²) in [6.07, 6.45) is 1.53. The molecule has 6 nitrogen and oxygen atoms in total. The third-order valence-corrected chi connectivity index (χ3v) is 4.65. The molecular weight excluding hydrogens is 375 g/mol. The number of aliphatic carboxylic acids is 2. The van der Waals surface area contributed by atoms with Crippen molar-refractivity contribution >= 4 is 17.6 Å². The zero-order chi connectivity index (χ0) is 21.2. The molecule has 0 unspecified atom stereocenters. The molecule has 4 N–H and O–H groups in total. The maximum absolute atomic E-state index is 13.3. The highest BCUT2D eigenvalue weighted by Gasteiger charge is 2.13. The lowest BCUT2D eigenvalue weighted by atomic mass is 9.97. The average Bonchev–Trinajstić information content (AvgIpc) is 2.92. The van der Waals surface area contributed by atoms with Crippen LogP contribution in [0.3, 0.4) is 0 Å². The highest BCUT2D eigenvalue weighted by Crippen LogP contribution is 2.27. The van der Waals surface area contributed by atoms with E-state index < -0.39 is 11.9 Å². The quantitative estimate of drug-likeness (QED) is 0.591. The molecule has 3 rings (SSSR count). The number of fused-ring (bicyclic) bond motifs is 1. The minimum absolute atomic E-state index is 0.179. The van der Waals surface area contributed by atoms with Crippen LogP contribution in [0.2, 0.25) is 0 Å². The zero-order valence-corrected chi connectivity index (χ0v) is 16.5. The number of aryl methyl sites for hydroxylation is 1. The molecule has 0 saturated carbocycles. The number of hydrogen-bond acceptors (Lipinski definition) is 4. The van der Waals surface area contributed by atoms with E-state index in [1.165, 1.54) is 28.4 Å². The summed E-state index contributed by atoms with van der Waals surface area (Å²) in [4.78, 5) is 19.3. The SMILES string of the molecule is Cc1ccc2c(c1NCc1cccc(F)c1)CCNCC2.O=C(O)CCC(=O)O. The molecule has 0 spiro atoms. The fourth-order valence-electron chi connectivity index (χ4n) is 3.19. The topological polar surface area (TPSA) is 98.7 Å². The summed E-state index contributed by atoms with van der Waals surface area (Å²) in [5.41, 5.74) is 6.29. The molecule has 156 valence electrons. The third-order valence-electron chi connectivity index (χ3n) is 4.65. The lowest BCUT2D eigenvalue weighted by Gasteiger charge is -2.17. The molecule has 2 aromatic carbocycles. The van der Waals surface area contributed by atoms with Gasteiger partial charge in [-0.1, -0.05) is 24.3 Å². The van der Waals surface area contributed by atoms with Crippen LogP contribution in [0.25, 0.3) is 0 Å². The van der Waals surface area contributed by atoms with E-state index in [0.29, 0.717) is 6.54 Å². The number of hydrogen-bond donors (Lipinski definition) is 4. The zero-order valence-electron chi connectivity index (χ0n) is 16.5. The highest BCUT2D eigenvalue weighted by atomic mass is 19.1. The number of carbonyl (C=O) groups is 2. The molecule has 0 amide bonds. The monoisotopic (exact) mass is 402 g/mol. The van der Waals surface area contributed by atoms with Gasteiger partial charge in [-0.3, -0.25) is 9.59 Å². The van der Waals surface area contributed by atoms with Crippen molar-refractivity contribution in [2.75, 3.05) is 18.4 Å². The fraction of sp³-hybridized carbons (Fsp3) is 0.364. The molecule has 1 aliphatic rings. The second-order valence-corrected chi connectivity index (χ2v) is 6.92. The van der Waals surface area contributed by atoms with Gasteiger partial charge in [0.15, 0.2) is 0 Å². The van der Waals surface area contributed by atoms with Crippen LogP contribution >= 0.6 is 0 Å². The van der Waals surface area contributed by atoms with Crippen LogP contribution in [0.4, 0.5) is 10.1 Å². The Labute approximate surface area is 169 Å². The van der Waals surface area contributed by atoms with Crippen LogP contribution in [-0.2, 0) is 29.0 Å². The van der Waals surface area contributed by atoms with Crippen molar-refractivity contribution in [1.82, 2.24) is 5.32 Å². The van der Waals surface area contributed by atoms with Gasteiger partial charge in [-0.2, -0.15) is 0 Å². The second-order valence-electron chi connectivity index (χ2n) is 6.92. The first kappa shape index (κ1) is 22.4. The summed E-state index contributed by atoms with van der Waals surface area (Å²) in [5, 5.41) is 22.8. The van der Waals surface area contributed by atoms with Gasteiger partial charge in [-0.05, 0) is 67.2 Å². The number of carboxylic acids is 2. The molecule has 0 bridgehead atoms. The standard InChI is InChI=1S/C18H21FN2.C4H6O4/c1-13-5-6-15-7-9-20-10-8-17(15)18(13)21-12-14-3-2-4-16(19)11-14;5-3(6)1-2-4(7)8/h2-6,11,20-21H,7-10,12H2,1H3;1-2H2,(H,5,6)(H,7,8). The van der Waals surface area contributed by atoms with Crippen LogP contribution in [0.5, 0.6) is 0 Å². The Kier molecular flexibility index (Phi) is 8.61. The van der Waals surface area contributed by atoms with Gasteiger partial charge in [0.25, 0.3) is 0 Å². The van der Waals surface area contributed by atoms with E-state index in [1.807, 2.05) is 6.07 Å². The van der Waals surface area contributed by atoms with E-state index in [4.69, 9.17) is 10.2 Å². The molecule has 1 heterocycles. The molecule has 29 heavy (non-hydrogen) atoms. The maximum atomic E-state index is 13.3. The first-order chi connectivity index (χ1) is 13.9. The van der Waals surface area contributed by atoms with Crippen molar-refractivity contribution < 1.29 is 24.2 Å². The van der Waals surface area contributed by atoms with Crippen molar-refractivity contribution in [3.63, 3.8) is 0 Å². The number of anilines is 1. The lowest BCUT2D eigenvalue weighted by Crippen LogP contribution is -2.16. The highest BCUT2D eigenvalue weighted by molar-refractivity contribution is 5.75. The summed E-state index contributed by atoms with van der Waals surface area (Å²) in [6.45, 7) is 4.85. The Hall–Kier alpha value is -2.93. The number of rotatable bonds is 6. The van der Waals surface area contributed by atoms with Gasteiger partial charge >= 0.3 is 11.9 Å². The van der Waals surface area contributed by atoms with Gasteiger partial charge in [0.2, 0.25) is 0 Å². The van der Waals surface area contributed by atoms with Crippen molar-refractivity contribution in [2.45, 2.75) is 39.2 Å². The number of halogens is 1. The predicted molar refractivity (Wildman–Crippen MR) is 110 cm³/mol. The van der Waals surface area contributed by atoms with Gasteiger partial charge in [-0.15, -0.1) is 0 Å². The minimum atomic E-state index is -1.08. The third kappa shape index (κ3) is 7.54. The number of nitrogens with one attached hydrogen (secondary N) is 2. The Bertz CT molecular complexity index is 841. The van der Waals surface area contributed by atoms with E-state index in [-0.39, 0.29) is 18.7 Å². The van der Waals surface area contributed by atoms with Crippen LogP contribution < -0.4 is 10.6 Å². The molecule has 0 aliphatic carbocycles. The molecule has 2 aromatic rings. The Balaban J connectivity index is 0.000000321. The fourth-order valence-corrected chi connectivity index (χ4v) is 3.19. The maximum Gasteiger partial charge on any atom is 0.303 e. The van der Waals surface area contributed by atoms with Gasteiger partial charge in [-0.25, -0.2) is 4.39 Å². The van der Waals surface area contributed by atoms with Gasteiger partial charge in [0.05, 0.1) is 12.8 Å². The summed E-state index contributed by atoms with van der Waals surface area (Å²) in [6, 6.07) is 11.2. The van der Waals surface area contributed by atoms with E-state index in [9.17, 15) is 14.0 Å². The minimum Gasteiger partial charge on any atom is -0.481 e. The van der Waals surface area contributed by atoms with Gasteiger partial charge in [0.1, 0.15) is 5.82 Å². The smallest absolute Gasteiger partial charge is 0.303 e. The first-order valence-corrected chi connectivity index (χ1v) is 9.60. The van der Waals surface area contributed by atoms with Crippen molar-refractivity contribution in [2.24, 2.45) is 0 Å². The van der Waals surface area contributed by atoms with Gasteiger partial charge < -0.3 is 20.8 Å². The summed E-state index contributed by atoms with van der Waals surface area (Å²) in [5.74, 6) is -2.33. The summed E-state index contributed by atoms with van der Waals surface area (Å²) >= 11 is 0. The second kappa shape index (κ2) is 11.2. The normalized spacial score (nSPS) is 12.8. The van der Waals surface area contributed by atoms with Crippen LogP contribution in [0.1, 0.15) is 35.1 Å². The lowest BCUT2D eigenvalue weighted by molar-refractivity contribution is -0.143. The van der Waals surface area contributed by atoms with E-state index in [1.54, 1.807) is 12.1 Å². The molecule has 1 aliphatic heterocycles. The van der Waals surface area contributed by atoms with Crippen molar-refractivity contribution in [1.29, 1.82) is 0 Å². The van der Waals surface area contributed by atoms with Crippen molar-refractivity contribution in [3.05, 3.63) is 64.5 Å². The number of benzene rings is 2. The largest absolute Gasteiger partial charge is 0.481 e. The summed E-state index contributed by atoms with van der Waals surface area (Å²) in [7, 11) is 0. The molecule has 0 saturated heterocycles. The van der Waals surface area contributed by atoms with Gasteiger partial charge in [0, 0.05) is 12.2 Å².